The molecule has 0 saturated carbocycles. The molecule has 1 aliphatic heterocycles. The number of aromatic nitrogens is 2. The first-order chi connectivity index (χ1) is 7.59. The van der Waals surface area contributed by atoms with Crippen LogP contribution in [-0.2, 0) is 0 Å². The smallest absolute Gasteiger partial charge is 0.296 e. The van der Waals surface area contributed by atoms with Crippen LogP contribution in [0, 0.1) is 12.3 Å². The largest absolute Gasteiger partial charge is 0.350 e. The Bertz CT molecular complexity index is 426. The Morgan fingerprint density at radius 1 is 1.62 bits per heavy atom. The topological polar surface area (TPSA) is 83.1 Å². The number of carbonyl (C=O) groups is 1. The molecule has 1 aliphatic rings. The van der Waals surface area contributed by atoms with Crippen LogP contribution in [0.4, 0.5) is 0 Å². The highest BCUT2D eigenvalue weighted by atomic mass is 16.5. The van der Waals surface area contributed by atoms with E-state index >= 15 is 0 Å². The highest BCUT2D eigenvalue weighted by molar-refractivity contribution is 5.98. The van der Waals surface area contributed by atoms with Crippen LogP contribution in [0.2, 0.25) is 0 Å². The summed E-state index contributed by atoms with van der Waals surface area (Å²) in [6, 6.07) is -0.308. The van der Waals surface area contributed by atoms with Crippen molar-refractivity contribution in [1.82, 2.24) is 15.0 Å². The van der Waals surface area contributed by atoms with Gasteiger partial charge >= 0.3 is 0 Å². The SMILES string of the molecule is CC(=N)N1CCCC1C(=O)c1nc(C)no1. The highest BCUT2D eigenvalue weighted by Crippen LogP contribution is 2.20. The van der Waals surface area contributed by atoms with Crippen LogP contribution in [0.15, 0.2) is 4.52 Å². The minimum absolute atomic E-state index is 0.0515. The van der Waals surface area contributed by atoms with E-state index in [0.29, 0.717) is 11.7 Å². The van der Waals surface area contributed by atoms with E-state index in [1.807, 2.05) is 0 Å². The van der Waals surface area contributed by atoms with Gasteiger partial charge in [0.25, 0.3) is 5.89 Å². The van der Waals surface area contributed by atoms with Crippen LogP contribution >= 0.6 is 0 Å². The van der Waals surface area contributed by atoms with Gasteiger partial charge in [-0.2, -0.15) is 4.98 Å². The van der Waals surface area contributed by atoms with Gasteiger partial charge in [0.2, 0.25) is 5.78 Å². The molecule has 2 rings (SSSR count). The lowest BCUT2D eigenvalue weighted by molar-refractivity contribution is 0.0868. The summed E-state index contributed by atoms with van der Waals surface area (Å²) in [5.41, 5.74) is 0. The summed E-state index contributed by atoms with van der Waals surface area (Å²) in [5, 5.41) is 11.2. The number of amidine groups is 1. The zero-order valence-corrected chi connectivity index (χ0v) is 9.36. The second kappa shape index (κ2) is 4.03. The van der Waals surface area contributed by atoms with Gasteiger partial charge in [-0.3, -0.25) is 10.2 Å². The first kappa shape index (κ1) is 10.8. The van der Waals surface area contributed by atoms with Crippen LogP contribution in [0.3, 0.4) is 0 Å². The summed E-state index contributed by atoms with van der Waals surface area (Å²) in [7, 11) is 0. The molecule has 1 aromatic heterocycles. The fraction of sp³-hybridized carbons (Fsp3) is 0.600. The summed E-state index contributed by atoms with van der Waals surface area (Å²) >= 11 is 0. The molecule has 1 fully saturated rings. The summed E-state index contributed by atoms with van der Waals surface area (Å²) in [5.74, 6) is 0.743. The van der Waals surface area contributed by atoms with Gasteiger partial charge in [0.15, 0.2) is 5.82 Å². The van der Waals surface area contributed by atoms with Crippen molar-refractivity contribution in [3.8, 4) is 0 Å². The number of carbonyl (C=O) groups excluding carboxylic acids is 1. The molecule has 2 heterocycles. The zero-order chi connectivity index (χ0) is 11.7. The molecule has 0 aliphatic carbocycles. The predicted octanol–water partition coefficient (Wildman–Crippen LogP) is 1.02. The maximum atomic E-state index is 12.0. The molecular formula is C10H14N4O2. The molecule has 0 aromatic carbocycles. The maximum Gasteiger partial charge on any atom is 0.296 e. The number of nitrogens with one attached hydrogen (secondary N) is 1. The number of hydrogen-bond donors (Lipinski definition) is 1. The average Bonchev–Trinajstić information content (AvgIpc) is 2.84. The van der Waals surface area contributed by atoms with Crippen LogP contribution in [0.1, 0.15) is 36.3 Å². The molecule has 86 valence electrons. The van der Waals surface area contributed by atoms with E-state index in [1.165, 1.54) is 0 Å². The zero-order valence-electron chi connectivity index (χ0n) is 9.36. The Hall–Kier alpha value is -1.72. The lowest BCUT2D eigenvalue weighted by Crippen LogP contribution is -2.39. The molecule has 6 heteroatoms. The third kappa shape index (κ3) is 1.82. The van der Waals surface area contributed by atoms with E-state index < -0.39 is 0 Å². The van der Waals surface area contributed by atoms with Gasteiger partial charge in [0.05, 0.1) is 11.9 Å². The highest BCUT2D eigenvalue weighted by Gasteiger charge is 2.34. The molecule has 0 bridgehead atoms. The van der Waals surface area contributed by atoms with E-state index in [-0.39, 0.29) is 17.7 Å². The molecule has 0 spiro atoms. The number of ketones is 1. The molecule has 1 N–H and O–H groups in total. The Balaban J connectivity index is 2.18. The van der Waals surface area contributed by atoms with Crippen molar-refractivity contribution < 1.29 is 9.32 Å². The molecule has 1 aromatic rings. The van der Waals surface area contributed by atoms with E-state index in [2.05, 4.69) is 10.1 Å². The average molecular weight is 222 g/mol. The van der Waals surface area contributed by atoms with Gasteiger partial charge in [-0.1, -0.05) is 5.16 Å². The van der Waals surface area contributed by atoms with Gasteiger partial charge in [-0.25, -0.2) is 0 Å². The number of hydrogen-bond acceptors (Lipinski definition) is 5. The minimum atomic E-state index is -0.308. The molecular weight excluding hydrogens is 208 g/mol. The maximum absolute atomic E-state index is 12.0. The van der Waals surface area contributed by atoms with Crippen molar-refractivity contribution in [2.75, 3.05) is 6.54 Å². The fourth-order valence-electron chi connectivity index (χ4n) is 1.98. The third-order valence-corrected chi connectivity index (χ3v) is 2.72. The van der Waals surface area contributed by atoms with Gasteiger partial charge in [-0.15, -0.1) is 0 Å². The Morgan fingerprint density at radius 3 is 2.94 bits per heavy atom. The van der Waals surface area contributed by atoms with Crippen LogP contribution in [-0.4, -0.2) is 39.2 Å². The van der Waals surface area contributed by atoms with Crippen LogP contribution in [0.5, 0.6) is 0 Å². The normalized spacial score (nSPS) is 20.1. The minimum Gasteiger partial charge on any atom is -0.350 e. The van der Waals surface area contributed by atoms with Gasteiger partial charge < -0.3 is 9.42 Å². The Morgan fingerprint density at radius 2 is 2.38 bits per heavy atom. The van der Waals surface area contributed by atoms with Crippen molar-refractivity contribution in [3.05, 3.63) is 11.7 Å². The predicted molar refractivity (Wildman–Crippen MR) is 56.5 cm³/mol. The second-order valence-electron chi connectivity index (χ2n) is 3.95. The number of Topliss-reactive ketones (excluding diaryl/α,β-unsaturated/α-hetero) is 1. The Kier molecular flexibility index (Phi) is 2.72. The summed E-state index contributed by atoms with van der Waals surface area (Å²) < 4.78 is 4.86. The van der Waals surface area contributed by atoms with Crippen molar-refractivity contribution in [2.45, 2.75) is 32.7 Å². The molecule has 6 nitrogen and oxygen atoms in total. The fourth-order valence-corrected chi connectivity index (χ4v) is 1.98. The second-order valence-corrected chi connectivity index (χ2v) is 3.95. The Labute approximate surface area is 93.1 Å². The number of nitrogens with zero attached hydrogens (tertiary/aromatic N) is 3. The van der Waals surface area contributed by atoms with Crippen LogP contribution < -0.4 is 0 Å². The van der Waals surface area contributed by atoms with Gasteiger partial charge in [-0.05, 0) is 26.7 Å². The van der Waals surface area contributed by atoms with Gasteiger partial charge in [0.1, 0.15) is 0 Å². The molecule has 1 unspecified atom stereocenters. The molecule has 16 heavy (non-hydrogen) atoms. The molecule has 1 saturated heterocycles. The first-order valence-corrected chi connectivity index (χ1v) is 5.26. The van der Waals surface area contributed by atoms with E-state index in [0.717, 1.165) is 19.4 Å². The molecule has 1 atom stereocenters. The van der Waals surface area contributed by atoms with Crippen molar-refractivity contribution in [1.29, 1.82) is 5.41 Å². The lowest BCUT2D eigenvalue weighted by Gasteiger charge is -2.22. The van der Waals surface area contributed by atoms with Crippen LogP contribution in [0.25, 0.3) is 0 Å². The molecule has 0 amide bonds. The summed E-state index contributed by atoms with van der Waals surface area (Å²) in [6.07, 6.45) is 1.66. The summed E-state index contributed by atoms with van der Waals surface area (Å²) in [4.78, 5) is 17.7. The van der Waals surface area contributed by atoms with Crippen molar-refractivity contribution in [2.24, 2.45) is 0 Å². The molecule has 0 radical (unpaired) electrons. The number of rotatable bonds is 2. The van der Waals surface area contributed by atoms with Crippen molar-refractivity contribution >= 4 is 11.6 Å². The standard InChI is InChI=1S/C10H14N4O2/c1-6(11)14-5-3-4-8(14)9(15)10-12-7(2)13-16-10/h8,11H,3-5H2,1-2H3. The van der Waals surface area contributed by atoms with E-state index in [4.69, 9.17) is 9.93 Å². The van der Waals surface area contributed by atoms with E-state index in [1.54, 1.807) is 18.7 Å². The third-order valence-electron chi connectivity index (χ3n) is 2.72. The first-order valence-electron chi connectivity index (χ1n) is 5.26. The summed E-state index contributed by atoms with van der Waals surface area (Å²) in [6.45, 7) is 4.11. The number of likely N-dealkylation sites (tertiary alicyclic amines) is 1. The number of aryl methyl sites for hydroxylation is 1. The van der Waals surface area contributed by atoms with E-state index in [9.17, 15) is 4.79 Å². The van der Waals surface area contributed by atoms with Crippen molar-refractivity contribution in [3.63, 3.8) is 0 Å². The lowest BCUT2D eigenvalue weighted by atomic mass is 10.1. The van der Waals surface area contributed by atoms with Gasteiger partial charge in [0, 0.05) is 6.54 Å². The monoisotopic (exact) mass is 222 g/mol. The quantitative estimate of drug-likeness (QED) is 0.459.